The Balaban J connectivity index is 2.13. The number of fused-ring (bicyclic) bond motifs is 1. The van der Waals surface area contributed by atoms with Crippen LogP contribution in [0, 0.1) is 0 Å². The first kappa shape index (κ1) is 15.1. The van der Waals surface area contributed by atoms with Crippen LogP contribution >= 0.6 is 0 Å². The number of benzene rings is 1. The minimum atomic E-state index is -3.37. The molecule has 0 aromatic heterocycles. The average Bonchev–Trinajstić information content (AvgIpc) is 2.39. The lowest BCUT2D eigenvalue weighted by Crippen LogP contribution is -2.25. The maximum Gasteiger partial charge on any atom is 0.235 e. The van der Waals surface area contributed by atoms with E-state index >= 15 is 0 Å². The lowest BCUT2D eigenvalue weighted by Gasteiger charge is -2.26. The van der Waals surface area contributed by atoms with E-state index in [1.807, 2.05) is 19.1 Å². The summed E-state index contributed by atoms with van der Waals surface area (Å²) in [7, 11) is -3.37. The summed E-state index contributed by atoms with van der Waals surface area (Å²) in [5.74, 6) is -0.0277. The number of rotatable bonds is 6. The van der Waals surface area contributed by atoms with Crippen molar-refractivity contribution >= 4 is 21.4 Å². The van der Waals surface area contributed by atoms with E-state index < -0.39 is 10.0 Å². The van der Waals surface area contributed by atoms with Gasteiger partial charge in [0, 0.05) is 12.6 Å². The van der Waals surface area contributed by atoms with Crippen LogP contribution in [0.1, 0.15) is 25.8 Å². The standard InChI is InChI=1S/C14H22N2O3S/c1-3-19-9-10-20(17,18)16-13-6-4-5-12-8-7-11(2)15-14(12)13/h4-6,11,15-16H,3,7-10H2,1-2H3. The molecular weight excluding hydrogens is 276 g/mol. The molecule has 0 bridgehead atoms. The van der Waals surface area contributed by atoms with Crippen molar-refractivity contribution in [2.75, 3.05) is 29.0 Å². The van der Waals surface area contributed by atoms with Crippen LogP contribution in [0.3, 0.4) is 0 Å². The number of para-hydroxylation sites is 1. The van der Waals surface area contributed by atoms with Crippen molar-refractivity contribution in [3.63, 3.8) is 0 Å². The summed E-state index contributed by atoms with van der Waals surface area (Å²) < 4.78 is 31.8. The Hall–Kier alpha value is -1.27. The first-order valence-corrected chi connectivity index (χ1v) is 8.63. The quantitative estimate of drug-likeness (QED) is 0.790. The lowest BCUT2D eigenvalue weighted by molar-refractivity contribution is 0.163. The largest absolute Gasteiger partial charge is 0.381 e. The molecule has 20 heavy (non-hydrogen) atoms. The first-order chi connectivity index (χ1) is 9.52. The topological polar surface area (TPSA) is 67.4 Å². The smallest absolute Gasteiger partial charge is 0.235 e. The van der Waals surface area contributed by atoms with Crippen LogP contribution in [0.2, 0.25) is 0 Å². The monoisotopic (exact) mass is 298 g/mol. The van der Waals surface area contributed by atoms with E-state index in [9.17, 15) is 8.42 Å². The second-order valence-electron chi connectivity index (χ2n) is 5.04. The zero-order chi connectivity index (χ0) is 14.6. The molecule has 5 nitrogen and oxygen atoms in total. The third kappa shape index (κ3) is 3.86. The van der Waals surface area contributed by atoms with Gasteiger partial charge in [-0.05, 0) is 38.3 Å². The van der Waals surface area contributed by atoms with E-state index in [0.29, 0.717) is 18.3 Å². The van der Waals surface area contributed by atoms with Gasteiger partial charge in [-0.3, -0.25) is 4.72 Å². The molecule has 0 spiro atoms. The average molecular weight is 298 g/mol. The summed E-state index contributed by atoms with van der Waals surface area (Å²) in [4.78, 5) is 0. The molecule has 0 saturated carbocycles. The van der Waals surface area contributed by atoms with Crippen LogP contribution < -0.4 is 10.0 Å². The molecule has 1 aliphatic heterocycles. The van der Waals surface area contributed by atoms with Crippen molar-refractivity contribution in [3.8, 4) is 0 Å². The Morgan fingerprint density at radius 1 is 1.45 bits per heavy atom. The molecule has 2 N–H and O–H groups in total. The van der Waals surface area contributed by atoms with Crippen molar-refractivity contribution in [3.05, 3.63) is 23.8 Å². The molecule has 0 saturated heterocycles. The third-order valence-electron chi connectivity index (χ3n) is 3.35. The Morgan fingerprint density at radius 3 is 3.00 bits per heavy atom. The van der Waals surface area contributed by atoms with E-state index in [4.69, 9.17) is 4.74 Å². The van der Waals surface area contributed by atoms with E-state index in [0.717, 1.165) is 24.1 Å². The van der Waals surface area contributed by atoms with Gasteiger partial charge < -0.3 is 10.1 Å². The minimum Gasteiger partial charge on any atom is -0.381 e. The van der Waals surface area contributed by atoms with Gasteiger partial charge in [0.25, 0.3) is 0 Å². The van der Waals surface area contributed by atoms with Crippen LogP contribution in [0.15, 0.2) is 18.2 Å². The van der Waals surface area contributed by atoms with Crippen LogP contribution in [-0.4, -0.2) is 33.4 Å². The van der Waals surface area contributed by atoms with E-state index in [1.54, 1.807) is 6.07 Å². The number of anilines is 2. The second-order valence-corrected chi connectivity index (χ2v) is 6.88. The SMILES string of the molecule is CCOCCS(=O)(=O)Nc1cccc2c1NC(C)CC2. The Labute approximate surface area is 120 Å². The van der Waals surface area contributed by atoms with Crippen molar-refractivity contribution in [1.82, 2.24) is 0 Å². The minimum absolute atomic E-state index is 0.0277. The molecule has 1 aliphatic rings. The summed E-state index contributed by atoms with van der Waals surface area (Å²) in [6.07, 6.45) is 2.03. The highest BCUT2D eigenvalue weighted by molar-refractivity contribution is 7.92. The fourth-order valence-corrected chi connectivity index (χ4v) is 3.23. The Morgan fingerprint density at radius 2 is 2.25 bits per heavy atom. The second kappa shape index (κ2) is 6.45. The summed E-state index contributed by atoms with van der Waals surface area (Å²) in [5, 5.41) is 3.36. The van der Waals surface area contributed by atoms with Crippen molar-refractivity contribution < 1.29 is 13.2 Å². The molecule has 0 aliphatic carbocycles. The summed E-state index contributed by atoms with van der Waals surface area (Å²) >= 11 is 0. The number of nitrogens with one attached hydrogen (secondary N) is 2. The van der Waals surface area contributed by atoms with E-state index in [1.165, 1.54) is 0 Å². The van der Waals surface area contributed by atoms with Crippen molar-refractivity contribution in [2.24, 2.45) is 0 Å². The molecule has 0 radical (unpaired) electrons. The molecule has 1 aromatic carbocycles. The van der Waals surface area contributed by atoms with Gasteiger partial charge in [-0.15, -0.1) is 0 Å². The van der Waals surface area contributed by atoms with Gasteiger partial charge >= 0.3 is 0 Å². The molecule has 1 atom stereocenters. The maximum absolute atomic E-state index is 12.0. The molecule has 1 aromatic rings. The third-order valence-corrected chi connectivity index (χ3v) is 4.59. The zero-order valence-corrected chi connectivity index (χ0v) is 12.8. The number of sulfonamides is 1. The molecule has 0 fully saturated rings. The van der Waals surface area contributed by atoms with Gasteiger partial charge in [-0.25, -0.2) is 8.42 Å². The van der Waals surface area contributed by atoms with Gasteiger partial charge in [0.05, 0.1) is 23.7 Å². The fraction of sp³-hybridized carbons (Fsp3) is 0.571. The predicted molar refractivity (Wildman–Crippen MR) is 81.8 cm³/mol. The normalized spacial score (nSPS) is 18.2. The number of ether oxygens (including phenoxy) is 1. The number of hydrogen-bond donors (Lipinski definition) is 2. The summed E-state index contributed by atoms with van der Waals surface area (Å²) in [5.41, 5.74) is 2.70. The Kier molecular flexibility index (Phi) is 4.88. The molecule has 2 rings (SSSR count). The molecule has 0 amide bonds. The number of aryl methyl sites for hydroxylation is 1. The van der Waals surface area contributed by atoms with Gasteiger partial charge in [0.2, 0.25) is 10.0 Å². The highest BCUT2D eigenvalue weighted by atomic mass is 32.2. The predicted octanol–water partition coefficient (Wildman–Crippen LogP) is 2.21. The van der Waals surface area contributed by atoms with Gasteiger partial charge in [0.15, 0.2) is 0 Å². The molecule has 1 heterocycles. The van der Waals surface area contributed by atoms with E-state index in [-0.39, 0.29) is 12.4 Å². The van der Waals surface area contributed by atoms with Gasteiger partial charge in [0.1, 0.15) is 0 Å². The van der Waals surface area contributed by atoms with Crippen LogP contribution in [-0.2, 0) is 21.2 Å². The summed E-state index contributed by atoms with van der Waals surface area (Å²) in [6.45, 7) is 4.68. The maximum atomic E-state index is 12.0. The van der Waals surface area contributed by atoms with Crippen LogP contribution in [0.25, 0.3) is 0 Å². The van der Waals surface area contributed by atoms with Gasteiger partial charge in [-0.2, -0.15) is 0 Å². The Bertz CT molecular complexity index is 558. The molecular formula is C14H22N2O3S. The van der Waals surface area contributed by atoms with Crippen LogP contribution in [0.4, 0.5) is 11.4 Å². The first-order valence-electron chi connectivity index (χ1n) is 6.98. The van der Waals surface area contributed by atoms with Crippen LogP contribution in [0.5, 0.6) is 0 Å². The highest BCUT2D eigenvalue weighted by Gasteiger charge is 2.19. The van der Waals surface area contributed by atoms with Crippen molar-refractivity contribution in [1.29, 1.82) is 0 Å². The molecule has 6 heteroatoms. The molecule has 112 valence electrons. The summed E-state index contributed by atoms with van der Waals surface area (Å²) in [6, 6.07) is 6.07. The zero-order valence-electron chi connectivity index (χ0n) is 12.0. The molecule has 1 unspecified atom stereocenters. The highest BCUT2D eigenvalue weighted by Crippen LogP contribution is 2.32. The van der Waals surface area contributed by atoms with E-state index in [2.05, 4.69) is 17.0 Å². The fourth-order valence-electron chi connectivity index (χ4n) is 2.29. The van der Waals surface area contributed by atoms with Crippen molar-refractivity contribution in [2.45, 2.75) is 32.7 Å². The number of hydrogen-bond acceptors (Lipinski definition) is 4. The lowest BCUT2D eigenvalue weighted by atomic mass is 9.98. The van der Waals surface area contributed by atoms with Gasteiger partial charge in [-0.1, -0.05) is 12.1 Å².